The van der Waals surface area contributed by atoms with E-state index in [9.17, 15) is 9.50 Å². The number of aliphatic hydroxyl groups excluding tert-OH is 1. The van der Waals surface area contributed by atoms with Crippen LogP contribution in [0.4, 0.5) is 4.39 Å². The number of halogens is 2. The van der Waals surface area contributed by atoms with Crippen LogP contribution < -0.4 is 10.6 Å². The third-order valence-electron chi connectivity index (χ3n) is 3.65. The van der Waals surface area contributed by atoms with Gasteiger partial charge in [-0.1, -0.05) is 41.9 Å². The molecule has 0 aromatic heterocycles. The number of hydrogen-bond acceptors (Lipinski definition) is 2. The number of guanidine groups is 1. The van der Waals surface area contributed by atoms with Crippen LogP contribution in [0.25, 0.3) is 0 Å². The lowest BCUT2D eigenvalue weighted by Crippen LogP contribution is -2.38. The molecule has 2 aromatic rings. The van der Waals surface area contributed by atoms with Crippen molar-refractivity contribution in [3.8, 4) is 0 Å². The molecule has 0 saturated carbocycles. The number of aliphatic hydroxyl groups is 1. The summed E-state index contributed by atoms with van der Waals surface area (Å²) >= 11 is 5.87. The van der Waals surface area contributed by atoms with E-state index in [1.807, 2.05) is 31.2 Å². The Labute approximate surface area is 152 Å². The number of hydrogen-bond donors (Lipinski definition) is 3. The van der Waals surface area contributed by atoms with Crippen LogP contribution in [-0.4, -0.2) is 30.7 Å². The first-order valence-corrected chi connectivity index (χ1v) is 8.67. The van der Waals surface area contributed by atoms with Gasteiger partial charge in [0.05, 0.1) is 6.54 Å². The first-order chi connectivity index (χ1) is 12.1. The maximum atomic E-state index is 13.7. The molecule has 1 unspecified atom stereocenters. The Morgan fingerprint density at radius 1 is 1.16 bits per heavy atom. The standard InChI is InChI=1S/C19H23ClFN3O/c1-2-22-19(23-12-11-14-7-9-15(20)10-8-14)24-13-18(25)16-5-3-4-6-17(16)21/h3-10,18,25H,2,11-13H2,1H3,(H2,22,23,24). The van der Waals surface area contributed by atoms with Gasteiger partial charge in [-0.3, -0.25) is 4.99 Å². The van der Waals surface area contributed by atoms with E-state index in [4.69, 9.17) is 11.6 Å². The summed E-state index contributed by atoms with van der Waals surface area (Å²) in [5.74, 6) is 0.165. The Bertz CT molecular complexity index is 691. The zero-order valence-corrected chi connectivity index (χ0v) is 14.9. The van der Waals surface area contributed by atoms with Crippen molar-refractivity contribution in [1.82, 2.24) is 10.6 Å². The summed E-state index contributed by atoms with van der Waals surface area (Å²) < 4.78 is 13.7. The molecule has 2 rings (SSSR count). The average Bonchev–Trinajstić information content (AvgIpc) is 2.61. The summed E-state index contributed by atoms with van der Waals surface area (Å²) in [5.41, 5.74) is 1.42. The summed E-state index contributed by atoms with van der Waals surface area (Å²) in [6.45, 7) is 3.42. The Balaban J connectivity index is 1.89. The highest BCUT2D eigenvalue weighted by molar-refractivity contribution is 6.30. The lowest BCUT2D eigenvalue weighted by Gasteiger charge is -2.14. The first-order valence-electron chi connectivity index (χ1n) is 8.29. The van der Waals surface area contributed by atoms with E-state index in [2.05, 4.69) is 15.6 Å². The molecule has 25 heavy (non-hydrogen) atoms. The fraction of sp³-hybridized carbons (Fsp3) is 0.316. The van der Waals surface area contributed by atoms with Crippen molar-refractivity contribution in [3.05, 3.63) is 70.5 Å². The Morgan fingerprint density at radius 3 is 2.56 bits per heavy atom. The van der Waals surface area contributed by atoms with Crippen molar-refractivity contribution in [1.29, 1.82) is 0 Å². The van der Waals surface area contributed by atoms with Gasteiger partial charge >= 0.3 is 0 Å². The van der Waals surface area contributed by atoms with Crippen LogP contribution in [0.2, 0.25) is 5.02 Å². The van der Waals surface area contributed by atoms with Gasteiger partial charge in [0.1, 0.15) is 11.9 Å². The minimum atomic E-state index is -0.979. The number of rotatable bonds is 7. The quantitative estimate of drug-likeness (QED) is 0.522. The summed E-state index contributed by atoms with van der Waals surface area (Å²) in [5, 5.41) is 17.2. The van der Waals surface area contributed by atoms with Crippen molar-refractivity contribution in [2.24, 2.45) is 4.99 Å². The molecule has 6 heteroatoms. The van der Waals surface area contributed by atoms with E-state index in [1.54, 1.807) is 18.2 Å². The summed E-state index contributed by atoms with van der Waals surface area (Å²) in [6, 6.07) is 13.9. The van der Waals surface area contributed by atoms with Gasteiger partial charge in [-0.25, -0.2) is 4.39 Å². The Kier molecular flexibility index (Phi) is 7.70. The molecule has 0 saturated heterocycles. The molecule has 0 heterocycles. The molecule has 134 valence electrons. The lowest BCUT2D eigenvalue weighted by molar-refractivity contribution is 0.182. The molecule has 0 bridgehead atoms. The third-order valence-corrected chi connectivity index (χ3v) is 3.90. The first kappa shape index (κ1) is 19.2. The van der Waals surface area contributed by atoms with E-state index in [1.165, 1.54) is 11.6 Å². The highest BCUT2D eigenvalue weighted by atomic mass is 35.5. The van der Waals surface area contributed by atoms with Crippen molar-refractivity contribution in [2.45, 2.75) is 19.4 Å². The Hall–Kier alpha value is -2.11. The van der Waals surface area contributed by atoms with Gasteiger partial charge in [0.25, 0.3) is 0 Å². The van der Waals surface area contributed by atoms with Crippen LogP contribution in [0, 0.1) is 5.82 Å². The van der Waals surface area contributed by atoms with Gasteiger partial charge in [-0.15, -0.1) is 0 Å². The van der Waals surface area contributed by atoms with Gasteiger partial charge in [0.2, 0.25) is 0 Å². The predicted molar refractivity (Wildman–Crippen MR) is 100 cm³/mol. The normalized spacial score (nSPS) is 12.7. The fourth-order valence-corrected chi connectivity index (χ4v) is 2.47. The van der Waals surface area contributed by atoms with Crippen LogP contribution in [0.3, 0.4) is 0 Å². The largest absolute Gasteiger partial charge is 0.386 e. The van der Waals surface area contributed by atoms with Gasteiger partial charge in [-0.2, -0.15) is 0 Å². The Morgan fingerprint density at radius 2 is 1.88 bits per heavy atom. The van der Waals surface area contributed by atoms with Crippen LogP contribution in [0.15, 0.2) is 53.5 Å². The molecule has 4 nitrogen and oxygen atoms in total. The molecule has 1 atom stereocenters. The number of nitrogens with zero attached hydrogens (tertiary/aromatic N) is 1. The minimum Gasteiger partial charge on any atom is -0.386 e. The van der Waals surface area contributed by atoms with Crippen LogP contribution in [0.1, 0.15) is 24.2 Å². The van der Waals surface area contributed by atoms with Gasteiger partial charge < -0.3 is 15.7 Å². The topological polar surface area (TPSA) is 56.7 Å². The van der Waals surface area contributed by atoms with Crippen LogP contribution >= 0.6 is 11.6 Å². The summed E-state index contributed by atoms with van der Waals surface area (Å²) in [4.78, 5) is 4.33. The number of benzene rings is 2. The smallest absolute Gasteiger partial charge is 0.191 e. The second-order valence-electron chi connectivity index (χ2n) is 5.56. The molecule has 0 aliphatic rings. The van der Waals surface area contributed by atoms with Crippen LogP contribution in [-0.2, 0) is 6.42 Å². The summed E-state index contributed by atoms with van der Waals surface area (Å²) in [6.07, 6.45) is -0.162. The maximum absolute atomic E-state index is 13.7. The van der Waals surface area contributed by atoms with Crippen molar-refractivity contribution in [2.75, 3.05) is 19.6 Å². The second kappa shape index (κ2) is 10.0. The van der Waals surface area contributed by atoms with E-state index < -0.39 is 11.9 Å². The van der Waals surface area contributed by atoms with Gasteiger partial charge in [0.15, 0.2) is 5.96 Å². The maximum Gasteiger partial charge on any atom is 0.191 e. The molecule has 0 amide bonds. The number of nitrogens with one attached hydrogen (secondary N) is 2. The van der Waals surface area contributed by atoms with Gasteiger partial charge in [-0.05, 0) is 37.1 Å². The second-order valence-corrected chi connectivity index (χ2v) is 6.00. The van der Waals surface area contributed by atoms with Crippen molar-refractivity contribution in [3.63, 3.8) is 0 Å². The molecule has 0 aliphatic heterocycles. The predicted octanol–water partition coefficient (Wildman–Crippen LogP) is 3.31. The molecule has 3 N–H and O–H groups in total. The van der Waals surface area contributed by atoms with Crippen molar-refractivity contribution < 1.29 is 9.50 Å². The highest BCUT2D eigenvalue weighted by Gasteiger charge is 2.11. The molecule has 0 spiro atoms. The molecular weight excluding hydrogens is 341 g/mol. The average molecular weight is 364 g/mol. The monoisotopic (exact) mass is 363 g/mol. The van der Waals surface area contributed by atoms with E-state index in [0.29, 0.717) is 24.1 Å². The molecule has 0 fully saturated rings. The van der Waals surface area contributed by atoms with E-state index in [-0.39, 0.29) is 12.1 Å². The zero-order chi connectivity index (χ0) is 18.1. The molecule has 2 aromatic carbocycles. The number of aliphatic imine (C=N–C) groups is 1. The molecule has 0 radical (unpaired) electrons. The van der Waals surface area contributed by atoms with Crippen molar-refractivity contribution >= 4 is 17.6 Å². The highest BCUT2D eigenvalue weighted by Crippen LogP contribution is 2.16. The SMILES string of the molecule is CCNC(=NCC(O)c1ccccc1F)NCCc1ccc(Cl)cc1. The van der Waals surface area contributed by atoms with E-state index >= 15 is 0 Å². The molecule has 0 aliphatic carbocycles. The summed E-state index contributed by atoms with van der Waals surface area (Å²) in [7, 11) is 0. The van der Waals surface area contributed by atoms with Gasteiger partial charge in [0, 0.05) is 23.7 Å². The zero-order valence-electron chi connectivity index (χ0n) is 14.2. The lowest BCUT2D eigenvalue weighted by atomic mass is 10.1. The van der Waals surface area contributed by atoms with Crippen LogP contribution in [0.5, 0.6) is 0 Å². The molecular formula is C19H23ClFN3O. The minimum absolute atomic E-state index is 0.0806. The van der Waals surface area contributed by atoms with E-state index in [0.717, 1.165) is 6.42 Å². The fourth-order valence-electron chi connectivity index (χ4n) is 2.34. The third kappa shape index (κ3) is 6.36.